The van der Waals surface area contributed by atoms with E-state index >= 15 is 0 Å². The average molecular weight is 391 g/mol. The molecule has 1 aliphatic heterocycles. The zero-order valence-corrected chi connectivity index (χ0v) is 16.2. The molecule has 2 atom stereocenters. The van der Waals surface area contributed by atoms with Crippen LogP contribution in [0.4, 0.5) is 9.59 Å². The molecule has 3 amide bonds. The number of rotatable bonds is 8. The van der Waals surface area contributed by atoms with Gasteiger partial charge < -0.3 is 20.9 Å². The van der Waals surface area contributed by atoms with Gasteiger partial charge in [-0.05, 0) is 31.2 Å². The minimum Gasteiger partial charge on any atom is -0.465 e. The largest absolute Gasteiger partial charge is 0.465 e. The minimum atomic E-state index is -1.47. The molecule has 0 bridgehead atoms. The maximum atomic E-state index is 12.5. The standard InChI is InChI=1S/C20H29N3O5/c1-2-3-11-16(22-18(25)28-14-15-9-5-4-6-10-15)20(17(21)24)12-7-8-13-23(20)19(26)27/h4-6,9-10,16H,2-3,7-8,11-14H2,1H3,(H2,21,24)(H,22,25)(H,26,27). The van der Waals surface area contributed by atoms with E-state index in [2.05, 4.69) is 5.32 Å². The zero-order chi connectivity index (χ0) is 20.6. The molecule has 0 spiro atoms. The lowest BCUT2D eigenvalue weighted by Crippen LogP contribution is -2.71. The molecule has 0 saturated carbocycles. The Morgan fingerprint density at radius 2 is 2.00 bits per heavy atom. The van der Waals surface area contributed by atoms with Gasteiger partial charge in [0.25, 0.3) is 0 Å². The molecule has 0 aliphatic carbocycles. The molecule has 4 N–H and O–H groups in total. The van der Waals surface area contributed by atoms with Crippen LogP contribution in [0.5, 0.6) is 0 Å². The summed E-state index contributed by atoms with van der Waals surface area (Å²) in [5.74, 6) is -0.737. The predicted molar refractivity (Wildman–Crippen MR) is 104 cm³/mol. The zero-order valence-electron chi connectivity index (χ0n) is 16.2. The van der Waals surface area contributed by atoms with Gasteiger partial charge in [-0.15, -0.1) is 0 Å². The Morgan fingerprint density at radius 1 is 1.29 bits per heavy atom. The quantitative estimate of drug-likeness (QED) is 0.629. The van der Waals surface area contributed by atoms with Crippen molar-refractivity contribution in [3.8, 4) is 0 Å². The Bertz CT molecular complexity index is 682. The molecule has 154 valence electrons. The summed E-state index contributed by atoms with van der Waals surface area (Å²) in [6, 6.07) is 8.47. The number of nitrogens with two attached hydrogens (primary N) is 1. The lowest BCUT2D eigenvalue weighted by atomic mass is 9.77. The number of hydrogen-bond acceptors (Lipinski definition) is 4. The highest BCUT2D eigenvalue weighted by atomic mass is 16.5. The normalized spacial score (nSPS) is 20.2. The number of hydrogen-bond donors (Lipinski definition) is 3. The van der Waals surface area contributed by atoms with Gasteiger partial charge in [0.05, 0.1) is 6.04 Å². The first kappa shape index (κ1) is 21.5. The van der Waals surface area contributed by atoms with E-state index < -0.39 is 29.7 Å². The molecule has 8 nitrogen and oxygen atoms in total. The SMILES string of the molecule is CCCCC(NC(=O)OCc1ccccc1)C1(C(N)=O)CCCCN1C(=O)O. The highest BCUT2D eigenvalue weighted by Crippen LogP contribution is 2.34. The first-order valence-electron chi connectivity index (χ1n) is 9.69. The molecule has 1 saturated heterocycles. The van der Waals surface area contributed by atoms with Crippen LogP contribution >= 0.6 is 0 Å². The Labute approximate surface area is 165 Å². The maximum absolute atomic E-state index is 12.5. The summed E-state index contributed by atoms with van der Waals surface area (Å²) in [4.78, 5) is 37.8. The molecule has 1 fully saturated rings. The fourth-order valence-corrected chi connectivity index (χ4v) is 3.80. The van der Waals surface area contributed by atoms with Crippen LogP contribution in [-0.2, 0) is 16.1 Å². The van der Waals surface area contributed by atoms with Gasteiger partial charge in [0.1, 0.15) is 12.1 Å². The lowest BCUT2D eigenvalue weighted by molar-refractivity contribution is -0.133. The highest BCUT2D eigenvalue weighted by Gasteiger charge is 2.53. The molecule has 8 heteroatoms. The number of alkyl carbamates (subject to hydrolysis) is 1. The fourth-order valence-electron chi connectivity index (χ4n) is 3.80. The number of carboxylic acid groups (broad SMARTS) is 1. The number of benzene rings is 1. The van der Waals surface area contributed by atoms with E-state index in [1.807, 2.05) is 37.3 Å². The number of amides is 3. The van der Waals surface area contributed by atoms with Crippen LogP contribution in [0.3, 0.4) is 0 Å². The molecule has 1 heterocycles. The number of primary amides is 1. The van der Waals surface area contributed by atoms with Crippen LogP contribution in [0.15, 0.2) is 30.3 Å². The second kappa shape index (κ2) is 9.96. The minimum absolute atomic E-state index is 0.0827. The molecule has 1 aliphatic rings. The number of nitrogens with one attached hydrogen (secondary N) is 1. The second-order valence-electron chi connectivity index (χ2n) is 7.08. The van der Waals surface area contributed by atoms with Gasteiger partial charge in [0.15, 0.2) is 0 Å². The topological polar surface area (TPSA) is 122 Å². The summed E-state index contributed by atoms with van der Waals surface area (Å²) in [5, 5.41) is 12.4. The van der Waals surface area contributed by atoms with Gasteiger partial charge in [0, 0.05) is 6.54 Å². The van der Waals surface area contributed by atoms with E-state index in [4.69, 9.17) is 10.5 Å². The fraction of sp³-hybridized carbons (Fsp3) is 0.550. The number of carbonyl (C=O) groups is 3. The van der Waals surface area contributed by atoms with E-state index in [0.29, 0.717) is 25.7 Å². The second-order valence-corrected chi connectivity index (χ2v) is 7.08. The van der Waals surface area contributed by atoms with Crippen LogP contribution in [-0.4, -0.2) is 46.2 Å². The van der Waals surface area contributed by atoms with Crippen molar-refractivity contribution in [3.05, 3.63) is 35.9 Å². The van der Waals surface area contributed by atoms with Crippen LogP contribution in [0.25, 0.3) is 0 Å². The maximum Gasteiger partial charge on any atom is 0.408 e. The first-order chi connectivity index (χ1) is 13.4. The lowest BCUT2D eigenvalue weighted by Gasteiger charge is -2.47. The van der Waals surface area contributed by atoms with Crippen molar-refractivity contribution in [1.29, 1.82) is 0 Å². The van der Waals surface area contributed by atoms with E-state index in [1.54, 1.807) is 0 Å². The Balaban J connectivity index is 2.19. The third kappa shape index (κ3) is 4.94. The van der Waals surface area contributed by atoms with Gasteiger partial charge >= 0.3 is 12.2 Å². The number of likely N-dealkylation sites (tertiary alicyclic amines) is 1. The molecule has 1 aromatic carbocycles. The highest BCUT2D eigenvalue weighted by molar-refractivity contribution is 5.90. The van der Waals surface area contributed by atoms with E-state index in [9.17, 15) is 19.5 Å². The van der Waals surface area contributed by atoms with E-state index in [1.165, 1.54) is 0 Å². The Morgan fingerprint density at radius 3 is 2.61 bits per heavy atom. The van der Waals surface area contributed by atoms with Crippen LogP contribution in [0.1, 0.15) is 51.0 Å². The summed E-state index contributed by atoms with van der Waals surface area (Å²) in [7, 11) is 0. The summed E-state index contributed by atoms with van der Waals surface area (Å²) < 4.78 is 5.28. The van der Waals surface area contributed by atoms with E-state index in [0.717, 1.165) is 16.9 Å². The summed E-state index contributed by atoms with van der Waals surface area (Å²) >= 11 is 0. The van der Waals surface area contributed by atoms with Crippen LogP contribution < -0.4 is 11.1 Å². The third-order valence-corrected chi connectivity index (χ3v) is 5.26. The summed E-state index contributed by atoms with van der Waals surface area (Å²) in [5.41, 5.74) is 5.07. The molecule has 28 heavy (non-hydrogen) atoms. The number of carbonyl (C=O) groups excluding carboxylic acids is 2. The Hall–Kier alpha value is -2.77. The first-order valence-corrected chi connectivity index (χ1v) is 9.69. The van der Waals surface area contributed by atoms with Crippen molar-refractivity contribution < 1.29 is 24.2 Å². The van der Waals surface area contributed by atoms with Crippen molar-refractivity contribution >= 4 is 18.1 Å². The number of ether oxygens (including phenoxy) is 1. The molecule has 0 aromatic heterocycles. The van der Waals surface area contributed by atoms with Crippen molar-refractivity contribution in [2.45, 2.75) is 63.6 Å². The molecule has 2 rings (SSSR count). The molecular formula is C20H29N3O5. The van der Waals surface area contributed by atoms with E-state index in [-0.39, 0.29) is 19.6 Å². The van der Waals surface area contributed by atoms with Gasteiger partial charge in [-0.25, -0.2) is 9.59 Å². The van der Waals surface area contributed by atoms with Gasteiger partial charge in [0.2, 0.25) is 5.91 Å². The molecule has 2 unspecified atom stereocenters. The number of unbranched alkanes of at least 4 members (excludes halogenated alkanes) is 1. The third-order valence-electron chi connectivity index (χ3n) is 5.26. The van der Waals surface area contributed by atoms with Crippen molar-refractivity contribution in [2.24, 2.45) is 5.73 Å². The molecule has 1 aromatic rings. The summed E-state index contributed by atoms with van der Waals surface area (Å²) in [6.07, 6.45) is 1.67. The van der Waals surface area contributed by atoms with Crippen molar-refractivity contribution in [3.63, 3.8) is 0 Å². The number of piperidine rings is 1. The monoisotopic (exact) mass is 391 g/mol. The van der Waals surface area contributed by atoms with Crippen molar-refractivity contribution in [2.75, 3.05) is 6.54 Å². The predicted octanol–water partition coefficient (Wildman–Crippen LogP) is 2.86. The number of nitrogens with zero attached hydrogens (tertiary/aromatic N) is 1. The van der Waals surface area contributed by atoms with Gasteiger partial charge in [-0.1, -0.05) is 50.1 Å². The smallest absolute Gasteiger partial charge is 0.408 e. The summed E-state index contributed by atoms with van der Waals surface area (Å²) in [6.45, 7) is 2.28. The average Bonchev–Trinajstić information content (AvgIpc) is 2.70. The van der Waals surface area contributed by atoms with Gasteiger partial charge in [-0.3, -0.25) is 9.69 Å². The van der Waals surface area contributed by atoms with Crippen LogP contribution in [0, 0.1) is 0 Å². The molecular weight excluding hydrogens is 362 g/mol. The van der Waals surface area contributed by atoms with Gasteiger partial charge in [-0.2, -0.15) is 0 Å². The van der Waals surface area contributed by atoms with Crippen molar-refractivity contribution in [1.82, 2.24) is 10.2 Å². The Kier molecular flexibility index (Phi) is 7.66. The molecule has 0 radical (unpaired) electrons. The van der Waals surface area contributed by atoms with Crippen LogP contribution in [0.2, 0.25) is 0 Å².